The first-order valence-corrected chi connectivity index (χ1v) is 9.97. The van der Waals surface area contributed by atoms with Crippen molar-refractivity contribution in [2.45, 2.75) is 25.7 Å². The molecule has 0 aromatic heterocycles. The van der Waals surface area contributed by atoms with Crippen LogP contribution < -0.4 is 4.74 Å². The van der Waals surface area contributed by atoms with Gasteiger partial charge in [0.25, 0.3) is 0 Å². The molecule has 2 N–H and O–H groups in total. The van der Waals surface area contributed by atoms with E-state index in [0.717, 1.165) is 30.2 Å². The largest absolute Gasteiger partial charge is 0.493 e. The molecule has 1 aliphatic rings. The number of nitrogens with zero attached hydrogens (tertiary/aromatic N) is 1. The van der Waals surface area contributed by atoms with Gasteiger partial charge < -0.3 is 19.8 Å². The van der Waals surface area contributed by atoms with Crippen LogP contribution >= 0.6 is 11.6 Å². The predicted molar refractivity (Wildman–Crippen MR) is 112 cm³/mol. The summed E-state index contributed by atoms with van der Waals surface area (Å²) in [7, 11) is 0. The Morgan fingerprint density at radius 1 is 0.966 bits per heavy atom. The number of carbonyl (C=O) groups is 2. The highest BCUT2D eigenvalue weighted by Gasteiger charge is 2.13. The lowest BCUT2D eigenvalue weighted by Gasteiger charge is -2.17. The number of rotatable bonds is 7. The normalized spacial score (nSPS) is 13.4. The van der Waals surface area contributed by atoms with Crippen LogP contribution in [-0.4, -0.2) is 53.3 Å². The number of hydrogen-bond acceptors (Lipinski definition) is 4. The van der Waals surface area contributed by atoms with Gasteiger partial charge in [-0.2, -0.15) is 0 Å². The summed E-state index contributed by atoms with van der Waals surface area (Å²) in [6.07, 6.45) is 4.59. The van der Waals surface area contributed by atoms with Crippen LogP contribution in [0.25, 0.3) is 0 Å². The van der Waals surface area contributed by atoms with Crippen molar-refractivity contribution in [3.05, 3.63) is 64.7 Å². The van der Waals surface area contributed by atoms with Gasteiger partial charge in [0, 0.05) is 18.0 Å². The maximum absolute atomic E-state index is 9.10. The first kappa shape index (κ1) is 22.7. The Balaban J connectivity index is 0.000000438. The lowest BCUT2D eigenvalue weighted by Crippen LogP contribution is -2.22. The van der Waals surface area contributed by atoms with Crippen molar-refractivity contribution >= 4 is 23.5 Å². The molecule has 2 aromatic carbocycles. The Morgan fingerprint density at radius 2 is 1.62 bits per heavy atom. The fraction of sp³-hybridized carbons (Fsp3) is 0.364. The highest BCUT2D eigenvalue weighted by molar-refractivity contribution is 6.30. The van der Waals surface area contributed by atoms with Crippen LogP contribution in [0.2, 0.25) is 5.02 Å². The van der Waals surface area contributed by atoms with E-state index >= 15 is 0 Å². The van der Waals surface area contributed by atoms with Gasteiger partial charge >= 0.3 is 11.9 Å². The second-order valence-corrected chi connectivity index (χ2v) is 7.18. The predicted octanol–water partition coefficient (Wildman–Crippen LogP) is 3.76. The third kappa shape index (κ3) is 8.54. The highest BCUT2D eigenvalue weighted by atomic mass is 35.5. The molecule has 29 heavy (non-hydrogen) atoms. The first-order valence-electron chi connectivity index (χ1n) is 9.59. The number of hydrogen-bond donors (Lipinski definition) is 2. The fourth-order valence-corrected chi connectivity index (χ4v) is 3.29. The Kier molecular flexibility index (Phi) is 9.47. The van der Waals surface area contributed by atoms with Crippen LogP contribution in [0.15, 0.2) is 48.5 Å². The van der Waals surface area contributed by atoms with Gasteiger partial charge in [0.2, 0.25) is 0 Å². The number of aliphatic carboxylic acids is 2. The van der Waals surface area contributed by atoms with Gasteiger partial charge in [-0.3, -0.25) is 0 Å². The second-order valence-electron chi connectivity index (χ2n) is 6.75. The van der Waals surface area contributed by atoms with Crippen molar-refractivity contribution < 1.29 is 24.5 Å². The number of ether oxygens (including phenoxy) is 1. The first-order chi connectivity index (χ1) is 14.0. The summed E-state index contributed by atoms with van der Waals surface area (Å²) in [6, 6.07) is 16.4. The second kappa shape index (κ2) is 12.1. The Labute approximate surface area is 175 Å². The molecule has 2 aromatic rings. The molecule has 0 radical (unpaired) electrons. The van der Waals surface area contributed by atoms with Gasteiger partial charge in [0.05, 0.1) is 6.61 Å². The van der Waals surface area contributed by atoms with E-state index in [9.17, 15) is 0 Å². The minimum atomic E-state index is -1.82. The van der Waals surface area contributed by atoms with E-state index in [1.165, 1.54) is 37.1 Å². The number of halogens is 1. The molecule has 1 aliphatic heterocycles. The van der Waals surface area contributed by atoms with Crippen LogP contribution in [0.4, 0.5) is 0 Å². The number of likely N-dealkylation sites (tertiary alicyclic amines) is 1. The summed E-state index contributed by atoms with van der Waals surface area (Å²) >= 11 is 6.17. The summed E-state index contributed by atoms with van der Waals surface area (Å²) in [4.78, 5) is 20.7. The monoisotopic (exact) mass is 419 g/mol. The highest BCUT2D eigenvalue weighted by Crippen LogP contribution is 2.24. The maximum Gasteiger partial charge on any atom is 0.414 e. The van der Waals surface area contributed by atoms with Crippen molar-refractivity contribution in [2.24, 2.45) is 0 Å². The number of carboxylic acid groups (broad SMARTS) is 2. The number of benzene rings is 2. The SMILES string of the molecule is Clc1ccc(OCCc2ccccc2)c(CCN2CCCC2)c1.O=C(O)C(=O)O. The van der Waals surface area contributed by atoms with Crippen molar-refractivity contribution in [1.82, 2.24) is 4.90 Å². The average molecular weight is 420 g/mol. The molecule has 0 amide bonds. The van der Waals surface area contributed by atoms with E-state index in [-0.39, 0.29) is 0 Å². The van der Waals surface area contributed by atoms with E-state index in [0.29, 0.717) is 6.61 Å². The quantitative estimate of drug-likeness (QED) is 0.664. The van der Waals surface area contributed by atoms with E-state index in [2.05, 4.69) is 35.2 Å². The minimum absolute atomic E-state index is 0.697. The van der Waals surface area contributed by atoms with Gasteiger partial charge in [-0.25, -0.2) is 9.59 Å². The molecular weight excluding hydrogens is 394 g/mol. The van der Waals surface area contributed by atoms with Gasteiger partial charge in [-0.1, -0.05) is 41.9 Å². The molecule has 1 saturated heterocycles. The molecule has 0 spiro atoms. The zero-order chi connectivity index (χ0) is 21.1. The van der Waals surface area contributed by atoms with Crippen molar-refractivity contribution in [3.63, 3.8) is 0 Å². The Hall–Kier alpha value is -2.57. The molecular formula is C22H26ClNO5. The topological polar surface area (TPSA) is 87.1 Å². The molecule has 0 unspecified atom stereocenters. The van der Waals surface area contributed by atoms with Crippen LogP contribution in [0.5, 0.6) is 5.75 Å². The molecule has 0 atom stereocenters. The van der Waals surface area contributed by atoms with Crippen LogP contribution in [0.1, 0.15) is 24.0 Å². The fourth-order valence-electron chi connectivity index (χ4n) is 3.09. The summed E-state index contributed by atoms with van der Waals surface area (Å²) in [5.74, 6) is -2.67. The summed E-state index contributed by atoms with van der Waals surface area (Å²) in [6.45, 7) is 4.24. The Morgan fingerprint density at radius 3 is 2.24 bits per heavy atom. The molecule has 7 heteroatoms. The van der Waals surface area contributed by atoms with Crippen LogP contribution in [-0.2, 0) is 22.4 Å². The summed E-state index contributed by atoms with van der Waals surface area (Å²) < 4.78 is 6.03. The molecule has 1 fully saturated rings. The molecule has 1 heterocycles. The molecule has 6 nitrogen and oxygen atoms in total. The third-order valence-electron chi connectivity index (χ3n) is 4.59. The van der Waals surface area contributed by atoms with E-state index in [4.69, 9.17) is 36.1 Å². The molecule has 0 aliphatic carbocycles. The standard InChI is InChI=1S/C20H24ClNO.C2H2O4/c21-19-8-9-20(23-15-11-17-6-2-1-3-7-17)18(16-19)10-14-22-12-4-5-13-22;3-1(4)2(5)6/h1-3,6-9,16H,4-5,10-15H2;(H,3,4)(H,5,6). The zero-order valence-electron chi connectivity index (χ0n) is 16.2. The smallest absolute Gasteiger partial charge is 0.414 e. The molecule has 3 rings (SSSR count). The van der Waals surface area contributed by atoms with Crippen molar-refractivity contribution in [3.8, 4) is 5.75 Å². The zero-order valence-corrected chi connectivity index (χ0v) is 17.0. The van der Waals surface area contributed by atoms with E-state index in [1.807, 2.05) is 18.2 Å². The van der Waals surface area contributed by atoms with Crippen LogP contribution in [0.3, 0.4) is 0 Å². The average Bonchev–Trinajstić information content (AvgIpc) is 3.22. The van der Waals surface area contributed by atoms with Gasteiger partial charge in [-0.15, -0.1) is 0 Å². The third-order valence-corrected chi connectivity index (χ3v) is 4.83. The summed E-state index contributed by atoms with van der Waals surface area (Å²) in [5, 5.41) is 15.6. The van der Waals surface area contributed by atoms with Crippen LogP contribution in [0, 0.1) is 0 Å². The lowest BCUT2D eigenvalue weighted by molar-refractivity contribution is -0.159. The van der Waals surface area contributed by atoms with Gasteiger partial charge in [0.15, 0.2) is 0 Å². The minimum Gasteiger partial charge on any atom is -0.493 e. The Bertz CT molecular complexity index is 779. The molecule has 0 bridgehead atoms. The van der Waals surface area contributed by atoms with Crippen molar-refractivity contribution in [1.29, 1.82) is 0 Å². The van der Waals surface area contributed by atoms with Crippen molar-refractivity contribution in [2.75, 3.05) is 26.2 Å². The molecule has 156 valence electrons. The van der Waals surface area contributed by atoms with E-state index < -0.39 is 11.9 Å². The maximum atomic E-state index is 9.10. The van der Waals surface area contributed by atoms with E-state index in [1.54, 1.807) is 0 Å². The number of carboxylic acids is 2. The molecule has 0 saturated carbocycles. The van der Waals surface area contributed by atoms with Gasteiger partial charge in [-0.05, 0) is 61.7 Å². The van der Waals surface area contributed by atoms with Gasteiger partial charge in [0.1, 0.15) is 5.75 Å². The summed E-state index contributed by atoms with van der Waals surface area (Å²) in [5.41, 5.74) is 2.53. The lowest BCUT2D eigenvalue weighted by atomic mass is 10.1.